The van der Waals surface area contributed by atoms with E-state index in [-0.39, 0.29) is 11.9 Å². The van der Waals surface area contributed by atoms with Crippen molar-refractivity contribution in [2.45, 2.75) is 57.5 Å². The van der Waals surface area contributed by atoms with Gasteiger partial charge >= 0.3 is 0 Å². The lowest BCUT2D eigenvalue weighted by Gasteiger charge is -2.32. The fourth-order valence-corrected chi connectivity index (χ4v) is 6.95. The maximum atomic E-state index is 13.0. The predicted molar refractivity (Wildman–Crippen MR) is 144 cm³/mol. The number of aromatic nitrogens is 2. The van der Waals surface area contributed by atoms with Crippen molar-refractivity contribution in [2.75, 3.05) is 26.3 Å². The van der Waals surface area contributed by atoms with Gasteiger partial charge in [0.25, 0.3) is 5.91 Å². The van der Waals surface area contributed by atoms with Gasteiger partial charge < -0.3 is 10.1 Å². The van der Waals surface area contributed by atoms with Crippen molar-refractivity contribution >= 4 is 33.7 Å². The van der Waals surface area contributed by atoms with Gasteiger partial charge in [0.2, 0.25) is 0 Å². The molecule has 7 heteroatoms. The first-order valence-corrected chi connectivity index (χ1v) is 14.2. The van der Waals surface area contributed by atoms with Crippen LogP contribution in [-0.2, 0) is 17.7 Å². The Morgan fingerprint density at radius 1 is 1.14 bits per heavy atom. The van der Waals surface area contributed by atoms with Gasteiger partial charge in [0.05, 0.1) is 24.4 Å². The molecule has 188 valence electrons. The molecule has 1 fully saturated rings. The highest BCUT2D eigenvalue weighted by Crippen LogP contribution is 2.32. The van der Waals surface area contributed by atoms with Crippen molar-refractivity contribution in [3.8, 4) is 0 Å². The minimum atomic E-state index is 0.0281. The van der Waals surface area contributed by atoms with Crippen LogP contribution in [0.15, 0.2) is 42.6 Å². The number of nitrogens with zero attached hydrogens (tertiary/aromatic N) is 3. The largest absolute Gasteiger partial charge is 0.377 e. The van der Waals surface area contributed by atoms with E-state index in [4.69, 9.17) is 9.72 Å². The lowest BCUT2D eigenvalue weighted by Crippen LogP contribution is -2.38. The number of hydrogen-bond acceptors (Lipinski definition) is 6. The quantitative estimate of drug-likeness (QED) is 0.500. The van der Waals surface area contributed by atoms with Crippen molar-refractivity contribution in [3.05, 3.63) is 63.7 Å². The molecule has 6 nitrogen and oxygen atoms in total. The molecule has 1 N–H and O–H groups in total. The smallest absolute Gasteiger partial charge is 0.252 e. The highest BCUT2D eigenvalue weighted by molar-refractivity contribution is 7.12. The number of amides is 1. The zero-order chi connectivity index (χ0) is 24.3. The number of carbonyl (C=O) groups is 1. The van der Waals surface area contributed by atoms with E-state index in [0.717, 1.165) is 80.9 Å². The number of fused-ring (bicyclic) bond motifs is 2. The average molecular weight is 503 g/mol. The standard InChI is InChI=1S/C29H34N4O2S/c34-28(24-3-1-5-25-23(24)4-2-14-30-25)31-22-8-6-20(7-9-22)10-15-33-16-11-27-26(19-33)32-29(36-27)21-12-17-35-18-13-21/h1-5,12,14,20,22H,6-11,13,15-19H2,(H,31,34). The fourth-order valence-electron chi connectivity index (χ4n) is 5.83. The Morgan fingerprint density at radius 2 is 2.06 bits per heavy atom. The Labute approximate surface area is 216 Å². The van der Waals surface area contributed by atoms with Crippen LogP contribution in [0.5, 0.6) is 0 Å². The molecule has 4 heterocycles. The van der Waals surface area contributed by atoms with Gasteiger partial charge in [0.15, 0.2) is 0 Å². The summed E-state index contributed by atoms with van der Waals surface area (Å²) >= 11 is 1.89. The minimum Gasteiger partial charge on any atom is -0.377 e. The Kier molecular flexibility index (Phi) is 7.12. The maximum absolute atomic E-state index is 13.0. The summed E-state index contributed by atoms with van der Waals surface area (Å²) in [4.78, 5) is 26.4. The number of benzene rings is 1. The van der Waals surface area contributed by atoms with E-state index in [0.29, 0.717) is 0 Å². The summed E-state index contributed by atoms with van der Waals surface area (Å²) in [5, 5.41) is 5.43. The number of hydrogen-bond donors (Lipinski definition) is 1. The van der Waals surface area contributed by atoms with Crippen molar-refractivity contribution in [1.82, 2.24) is 20.2 Å². The van der Waals surface area contributed by atoms with Crippen molar-refractivity contribution in [3.63, 3.8) is 0 Å². The molecule has 2 aliphatic heterocycles. The second-order valence-corrected chi connectivity index (χ2v) is 11.4. The second kappa shape index (κ2) is 10.8. The molecule has 1 aliphatic carbocycles. The van der Waals surface area contributed by atoms with Crippen LogP contribution >= 0.6 is 11.3 Å². The van der Waals surface area contributed by atoms with Crippen LogP contribution < -0.4 is 5.32 Å². The molecule has 0 unspecified atom stereocenters. The first kappa shape index (κ1) is 23.8. The first-order chi connectivity index (χ1) is 17.7. The van der Waals surface area contributed by atoms with Gasteiger partial charge in [-0.3, -0.25) is 14.7 Å². The molecule has 6 rings (SSSR count). The number of pyridine rings is 1. The summed E-state index contributed by atoms with van der Waals surface area (Å²) in [5.74, 6) is 0.778. The third-order valence-corrected chi connectivity index (χ3v) is 9.20. The summed E-state index contributed by atoms with van der Waals surface area (Å²) in [6.45, 7) is 4.81. The summed E-state index contributed by atoms with van der Waals surface area (Å²) < 4.78 is 5.46. The number of rotatable bonds is 6. The SMILES string of the molecule is O=C(NC1CCC(CCN2CCc3sc(C4=CCOCC4)nc3C2)CC1)c1cccc2ncccc12. The van der Waals surface area contributed by atoms with Gasteiger partial charge in [-0.15, -0.1) is 11.3 Å². The molecule has 0 saturated heterocycles. The molecule has 1 amide bonds. The van der Waals surface area contributed by atoms with Crippen molar-refractivity contribution < 1.29 is 9.53 Å². The third-order valence-electron chi connectivity index (χ3n) is 7.97. The maximum Gasteiger partial charge on any atom is 0.252 e. The van der Waals surface area contributed by atoms with Crippen LogP contribution in [0.3, 0.4) is 0 Å². The minimum absolute atomic E-state index is 0.0281. The van der Waals surface area contributed by atoms with Crippen LogP contribution in [0.2, 0.25) is 0 Å². The van der Waals surface area contributed by atoms with E-state index in [1.165, 1.54) is 40.4 Å². The summed E-state index contributed by atoms with van der Waals surface area (Å²) in [5.41, 5.74) is 4.26. The average Bonchev–Trinajstić information content (AvgIpc) is 3.36. The van der Waals surface area contributed by atoms with Crippen molar-refractivity contribution in [1.29, 1.82) is 0 Å². The summed E-state index contributed by atoms with van der Waals surface area (Å²) in [6.07, 6.45) is 11.8. The van der Waals surface area contributed by atoms with Crippen molar-refractivity contribution in [2.24, 2.45) is 5.92 Å². The zero-order valence-electron chi connectivity index (χ0n) is 20.7. The molecule has 0 spiro atoms. The second-order valence-electron chi connectivity index (χ2n) is 10.3. The molecule has 36 heavy (non-hydrogen) atoms. The molecule has 0 atom stereocenters. The van der Waals surface area contributed by atoms with Gasteiger partial charge in [-0.05, 0) is 81.2 Å². The van der Waals surface area contributed by atoms with Crippen LogP contribution in [0.25, 0.3) is 16.5 Å². The number of carbonyl (C=O) groups excluding carboxylic acids is 1. The van der Waals surface area contributed by atoms with Crippen LogP contribution in [0.4, 0.5) is 0 Å². The van der Waals surface area contributed by atoms with Crippen LogP contribution in [0.1, 0.15) is 64.5 Å². The number of thiazole rings is 1. The highest BCUT2D eigenvalue weighted by atomic mass is 32.1. The number of nitrogens with one attached hydrogen (secondary N) is 1. The topological polar surface area (TPSA) is 67.4 Å². The van der Waals surface area contributed by atoms with E-state index >= 15 is 0 Å². The lowest BCUT2D eigenvalue weighted by atomic mass is 9.84. The fraction of sp³-hybridized carbons (Fsp3) is 0.483. The Morgan fingerprint density at radius 3 is 2.92 bits per heavy atom. The van der Waals surface area contributed by atoms with E-state index < -0.39 is 0 Å². The lowest BCUT2D eigenvalue weighted by molar-refractivity contribution is 0.0921. The van der Waals surface area contributed by atoms with Gasteiger partial charge in [0.1, 0.15) is 5.01 Å². The molecular weight excluding hydrogens is 468 g/mol. The summed E-state index contributed by atoms with van der Waals surface area (Å²) in [7, 11) is 0. The Balaban J connectivity index is 0.972. The summed E-state index contributed by atoms with van der Waals surface area (Å²) in [6, 6.07) is 9.92. The zero-order valence-corrected chi connectivity index (χ0v) is 21.6. The van der Waals surface area contributed by atoms with Crippen LogP contribution in [-0.4, -0.2) is 53.1 Å². The van der Waals surface area contributed by atoms with Gasteiger partial charge in [-0.25, -0.2) is 4.98 Å². The number of ether oxygens (including phenoxy) is 1. The van der Waals surface area contributed by atoms with E-state index in [1.54, 1.807) is 6.20 Å². The van der Waals surface area contributed by atoms with E-state index in [1.807, 2.05) is 41.7 Å². The molecule has 2 aromatic heterocycles. The third kappa shape index (κ3) is 5.24. The first-order valence-electron chi connectivity index (χ1n) is 13.4. The Bertz CT molecular complexity index is 1260. The molecule has 3 aromatic rings. The molecule has 1 aromatic carbocycles. The Hall–Kier alpha value is -2.61. The van der Waals surface area contributed by atoms with Crippen LogP contribution in [0, 0.1) is 5.92 Å². The molecule has 1 saturated carbocycles. The predicted octanol–water partition coefficient (Wildman–Crippen LogP) is 5.23. The molecule has 0 bridgehead atoms. The highest BCUT2D eigenvalue weighted by Gasteiger charge is 2.26. The normalized spacial score (nSPS) is 22.7. The van der Waals surface area contributed by atoms with Gasteiger partial charge in [-0.2, -0.15) is 0 Å². The molecular formula is C29H34N4O2S. The van der Waals surface area contributed by atoms with E-state index in [9.17, 15) is 4.79 Å². The van der Waals surface area contributed by atoms with E-state index in [2.05, 4.69) is 21.3 Å². The van der Waals surface area contributed by atoms with Gasteiger partial charge in [-0.1, -0.05) is 18.2 Å². The van der Waals surface area contributed by atoms with Gasteiger partial charge in [0, 0.05) is 41.2 Å². The molecule has 3 aliphatic rings. The monoisotopic (exact) mass is 502 g/mol. The molecule has 0 radical (unpaired) electrons.